The van der Waals surface area contributed by atoms with Gasteiger partial charge in [-0.15, -0.1) is 0 Å². The maximum absolute atomic E-state index is 13.6. The minimum absolute atomic E-state index is 0.0573. The van der Waals surface area contributed by atoms with Crippen LogP contribution in [0.3, 0.4) is 0 Å². The molecule has 27 heavy (non-hydrogen) atoms. The molecule has 0 radical (unpaired) electrons. The summed E-state index contributed by atoms with van der Waals surface area (Å²) >= 11 is 0. The first kappa shape index (κ1) is 17.6. The van der Waals surface area contributed by atoms with E-state index in [-0.39, 0.29) is 18.1 Å². The molecular weight excluding hydrogens is 341 g/mol. The van der Waals surface area contributed by atoms with E-state index in [1.165, 1.54) is 23.4 Å². The van der Waals surface area contributed by atoms with Crippen LogP contribution < -0.4 is 10.2 Å². The van der Waals surface area contributed by atoms with Crippen LogP contribution in [0.15, 0.2) is 36.4 Å². The highest BCUT2D eigenvalue weighted by Gasteiger charge is 2.15. The summed E-state index contributed by atoms with van der Waals surface area (Å²) < 4.78 is 13.6. The van der Waals surface area contributed by atoms with E-state index in [0.717, 1.165) is 47.1 Å². The van der Waals surface area contributed by atoms with E-state index in [9.17, 15) is 9.18 Å². The molecule has 1 aromatic heterocycles. The molecule has 0 aliphatic carbocycles. The lowest BCUT2D eigenvalue weighted by molar-refractivity contribution is -0.120. The lowest BCUT2D eigenvalue weighted by Gasteiger charge is -2.27. The standard InChI is InChI=1S/C22H24FN3O/c1-14-18(19-11-17(23)6-7-20(19)25-14)12-22(27)24-13-15-5-8-21-16(10-15)4-3-9-26(21)2/h5-8,10-11,25H,3-4,9,12-13H2,1-2H3,(H,24,27). The van der Waals surface area contributed by atoms with Gasteiger partial charge in [-0.2, -0.15) is 0 Å². The summed E-state index contributed by atoms with van der Waals surface area (Å²) in [4.78, 5) is 18.0. The zero-order valence-electron chi connectivity index (χ0n) is 15.7. The Morgan fingerprint density at radius 3 is 2.96 bits per heavy atom. The molecule has 0 spiro atoms. The van der Waals surface area contributed by atoms with E-state index in [2.05, 4.69) is 40.4 Å². The van der Waals surface area contributed by atoms with Crippen molar-refractivity contribution in [3.8, 4) is 0 Å². The lowest BCUT2D eigenvalue weighted by Crippen LogP contribution is -2.26. The Morgan fingerprint density at radius 2 is 2.11 bits per heavy atom. The highest BCUT2D eigenvalue weighted by molar-refractivity contribution is 5.90. The Bertz CT molecular complexity index is 1010. The maximum atomic E-state index is 13.6. The fourth-order valence-electron chi connectivity index (χ4n) is 3.95. The smallest absolute Gasteiger partial charge is 0.224 e. The fraction of sp³-hybridized carbons (Fsp3) is 0.318. The van der Waals surface area contributed by atoms with Crippen molar-refractivity contribution >= 4 is 22.5 Å². The molecule has 0 unspecified atom stereocenters. The molecule has 3 aromatic rings. The van der Waals surface area contributed by atoms with Gasteiger partial charge < -0.3 is 15.2 Å². The highest BCUT2D eigenvalue weighted by atomic mass is 19.1. The number of nitrogens with one attached hydrogen (secondary N) is 2. The largest absolute Gasteiger partial charge is 0.374 e. The van der Waals surface area contributed by atoms with E-state index in [1.807, 2.05) is 6.92 Å². The van der Waals surface area contributed by atoms with Gasteiger partial charge in [0.25, 0.3) is 0 Å². The molecule has 0 atom stereocenters. The molecule has 2 N–H and O–H groups in total. The number of aryl methyl sites for hydroxylation is 2. The summed E-state index contributed by atoms with van der Waals surface area (Å²) in [5.41, 5.74) is 6.36. The zero-order valence-corrected chi connectivity index (χ0v) is 15.7. The quantitative estimate of drug-likeness (QED) is 0.738. The molecule has 1 aliphatic rings. The van der Waals surface area contributed by atoms with Crippen LogP contribution in [0.1, 0.15) is 28.8 Å². The van der Waals surface area contributed by atoms with E-state index >= 15 is 0 Å². The summed E-state index contributed by atoms with van der Waals surface area (Å²) in [6, 6.07) is 11.0. The van der Waals surface area contributed by atoms with Crippen LogP contribution in [0.4, 0.5) is 10.1 Å². The average Bonchev–Trinajstić information content (AvgIpc) is 2.95. The number of aromatic amines is 1. The summed E-state index contributed by atoms with van der Waals surface area (Å²) in [6.45, 7) is 3.51. The number of rotatable bonds is 4. The van der Waals surface area contributed by atoms with E-state index in [0.29, 0.717) is 6.54 Å². The van der Waals surface area contributed by atoms with Crippen molar-refractivity contribution in [1.82, 2.24) is 10.3 Å². The van der Waals surface area contributed by atoms with Crippen LogP contribution in [0, 0.1) is 12.7 Å². The van der Waals surface area contributed by atoms with Crippen LogP contribution in [0.25, 0.3) is 10.9 Å². The number of hydrogen-bond donors (Lipinski definition) is 2. The zero-order chi connectivity index (χ0) is 19.0. The van der Waals surface area contributed by atoms with Gasteiger partial charge in [0.05, 0.1) is 6.42 Å². The van der Waals surface area contributed by atoms with Gasteiger partial charge in [0.2, 0.25) is 5.91 Å². The first-order chi connectivity index (χ1) is 13.0. The summed E-state index contributed by atoms with van der Waals surface area (Å²) in [5, 5.41) is 3.78. The number of aromatic nitrogens is 1. The molecule has 140 valence electrons. The molecule has 4 nitrogen and oxygen atoms in total. The Hall–Kier alpha value is -2.82. The second-order valence-electron chi connectivity index (χ2n) is 7.36. The van der Waals surface area contributed by atoms with Crippen LogP contribution >= 0.6 is 0 Å². The van der Waals surface area contributed by atoms with Crippen molar-refractivity contribution in [2.75, 3.05) is 18.5 Å². The van der Waals surface area contributed by atoms with Gasteiger partial charge in [0.15, 0.2) is 0 Å². The number of carbonyl (C=O) groups excluding carboxylic acids is 1. The number of carbonyl (C=O) groups is 1. The number of amides is 1. The Labute approximate surface area is 158 Å². The van der Waals surface area contributed by atoms with Crippen LogP contribution in [-0.2, 0) is 24.2 Å². The monoisotopic (exact) mass is 365 g/mol. The molecule has 0 fully saturated rings. The average molecular weight is 365 g/mol. The number of hydrogen-bond acceptors (Lipinski definition) is 2. The predicted molar refractivity (Wildman–Crippen MR) is 107 cm³/mol. The van der Waals surface area contributed by atoms with Gasteiger partial charge in [0, 0.05) is 42.4 Å². The molecule has 2 aromatic carbocycles. The normalized spacial score (nSPS) is 13.7. The number of nitrogens with zero attached hydrogens (tertiary/aromatic N) is 1. The lowest BCUT2D eigenvalue weighted by atomic mass is 9.99. The number of halogens is 1. The summed E-state index contributed by atoms with van der Waals surface area (Å²) in [5.74, 6) is -0.347. The van der Waals surface area contributed by atoms with E-state index in [1.54, 1.807) is 6.07 Å². The SMILES string of the molecule is Cc1[nH]c2ccc(F)cc2c1CC(=O)NCc1ccc2c(c1)CCCN2C. The fourth-order valence-corrected chi connectivity index (χ4v) is 3.95. The Balaban J connectivity index is 1.45. The highest BCUT2D eigenvalue weighted by Crippen LogP contribution is 2.27. The van der Waals surface area contributed by atoms with Crippen molar-refractivity contribution in [3.63, 3.8) is 0 Å². The number of anilines is 1. The molecule has 1 aliphatic heterocycles. The third kappa shape index (κ3) is 3.54. The molecule has 0 saturated carbocycles. The first-order valence-corrected chi connectivity index (χ1v) is 9.37. The van der Waals surface area contributed by atoms with Gasteiger partial charge >= 0.3 is 0 Å². The molecule has 1 amide bonds. The molecule has 4 rings (SSSR count). The van der Waals surface area contributed by atoms with E-state index in [4.69, 9.17) is 0 Å². The van der Waals surface area contributed by atoms with Crippen LogP contribution in [0.2, 0.25) is 0 Å². The summed E-state index contributed by atoms with van der Waals surface area (Å²) in [7, 11) is 2.12. The molecule has 5 heteroatoms. The van der Waals surface area contributed by atoms with Crippen LogP contribution in [0.5, 0.6) is 0 Å². The number of H-pyrrole nitrogens is 1. The predicted octanol–water partition coefficient (Wildman–Crippen LogP) is 3.86. The molecule has 2 heterocycles. The van der Waals surface area contributed by atoms with Crippen LogP contribution in [-0.4, -0.2) is 24.5 Å². The Kier molecular flexibility index (Phi) is 4.60. The van der Waals surface area contributed by atoms with Crippen molar-refractivity contribution in [2.45, 2.75) is 32.7 Å². The molecule has 0 saturated heterocycles. The third-order valence-corrected chi connectivity index (χ3v) is 5.40. The van der Waals surface area contributed by atoms with Crippen molar-refractivity contribution in [3.05, 3.63) is 64.6 Å². The Morgan fingerprint density at radius 1 is 1.26 bits per heavy atom. The molecular formula is C22H24FN3O. The van der Waals surface area contributed by atoms with Gasteiger partial charge in [-0.05, 0) is 60.7 Å². The van der Waals surface area contributed by atoms with Gasteiger partial charge in [-0.3, -0.25) is 4.79 Å². The first-order valence-electron chi connectivity index (χ1n) is 9.37. The maximum Gasteiger partial charge on any atom is 0.224 e. The number of benzene rings is 2. The number of fused-ring (bicyclic) bond motifs is 2. The minimum atomic E-state index is -0.290. The van der Waals surface area contributed by atoms with Crippen molar-refractivity contribution in [1.29, 1.82) is 0 Å². The second-order valence-corrected chi connectivity index (χ2v) is 7.36. The van der Waals surface area contributed by atoms with Crippen molar-refractivity contribution in [2.24, 2.45) is 0 Å². The third-order valence-electron chi connectivity index (χ3n) is 5.40. The molecule has 0 bridgehead atoms. The second kappa shape index (κ2) is 7.06. The van der Waals surface area contributed by atoms with Gasteiger partial charge in [-0.25, -0.2) is 4.39 Å². The van der Waals surface area contributed by atoms with E-state index < -0.39 is 0 Å². The van der Waals surface area contributed by atoms with Gasteiger partial charge in [0.1, 0.15) is 5.82 Å². The minimum Gasteiger partial charge on any atom is -0.374 e. The van der Waals surface area contributed by atoms with Gasteiger partial charge in [-0.1, -0.05) is 12.1 Å². The summed E-state index contributed by atoms with van der Waals surface area (Å²) in [6.07, 6.45) is 2.49. The van der Waals surface area contributed by atoms with Crippen molar-refractivity contribution < 1.29 is 9.18 Å². The topological polar surface area (TPSA) is 48.1 Å².